The van der Waals surface area contributed by atoms with Crippen molar-refractivity contribution in [3.8, 4) is 0 Å². The first-order chi connectivity index (χ1) is 5.32. The summed E-state index contributed by atoms with van der Waals surface area (Å²) in [4.78, 5) is 2.51. The summed E-state index contributed by atoms with van der Waals surface area (Å²) in [6.07, 6.45) is 5.08. The maximum Gasteiger partial charge on any atom is 0.0615 e. The number of aliphatic hydroxyl groups excluding tert-OH is 1. The fourth-order valence-corrected chi connectivity index (χ4v) is 2.97. The molecule has 0 radical (unpaired) electrons. The van der Waals surface area contributed by atoms with E-state index in [1.54, 1.807) is 0 Å². The zero-order valence-corrected chi connectivity index (χ0v) is 7.21. The fourth-order valence-electron chi connectivity index (χ4n) is 2.97. The van der Waals surface area contributed by atoms with Gasteiger partial charge >= 0.3 is 0 Å². The number of hydrogen-bond acceptors (Lipinski definition) is 2. The molecule has 64 valence electrons. The van der Waals surface area contributed by atoms with Gasteiger partial charge in [-0.1, -0.05) is 6.92 Å². The quantitative estimate of drug-likeness (QED) is 0.643. The van der Waals surface area contributed by atoms with Crippen LogP contribution >= 0.6 is 0 Å². The van der Waals surface area contributed by atoms with Crippen LogP contribution in [0.3, 0.4) is 0 Å². The first-order valence-corrected chi connectivity index (χ1v) is 4.70. The minimum atomic E-state index is 0.208. The molecule has 2 rings (SSSR count). The maximum atomic E-state index is 9.30. The van der Waals surface area contributed by atoms with Crippen LogP contribution in [0.25, 0.3) is 0 Å². The van der Waals surface area contributed by atoms with Gasteiger partial charge in [-0.05, 0) is 32.2 Å². The molecular formula is C9H17NO. The van der Waals surface area contributed by atoms with E-state index >= 15 is 0 Å². The van der Waals surface area contributed by atoms with Gasteiger partial charge in [0.25, 0.3) is 0 Å². The monoisotopic (exact) mass is 155 g/mol. The van der Waals surface area contributed by atoms with Crippen molar-refractivity contribution in [3.63, 3.8) is 0 Å². The molecule has 0 aromatic heterocycles. The van der Waals surface area contributed by atoms with Crippen LogP contribution < -0.4 is 0 Å². The minimum absolute atomic E-state index is 0.208. The van der Waals surface area contributed by atoms with Crippen molar-refractivity contribution in [3.05, 3.63) is 0 Å². The molecule has 0 atom stereocenters. The van der Waals surface area contributed by atoms with E-state index in [1.165, 1.54) is 25.7 Å². The van der Waals surface area contributed by atoms with Crippen molar-refractivity contribution in [1.29, 1.82) is 0 Å². The Labute approximate surface area is 68.2 Å². The van der Waals surface area contributed by atoms with E-state index in [0.717, 1.165) is 12.6 Å². The van der Waals surface area contributed by atoms with E-state index in [9.17, 15) is 5.11 Å². The molecule has 1 N–H and O–H groups in total. The van der Waals surface area contributed by atoms with Gasteiger partial charge in [0.1, 0.15) is 0 Å². The second kappa shape index (κ2) is 2.46. The van der Waals surface area contributed by atoms with E-state index in [4.69, 9.17) is 0 Å². The van der Waals surface area contributed by atoms with Gasteiger partial charge in [0.2, 0.25) is 0 Å². The summed E-state index contributed by atoms with van der Waals surface area (Å²) in [6, 6.07) is 0.798. The molecule has 0 saturated carbocycles. The van der Waals surface area contributed by atoms with Crippen LogP contribution in [0, 0.1) is 0 Å². The fraction of sp³-hybridized carbons (Fsp3) is 1.00. The van der Waals surface area contributed by atoms with Crippen LogP contribution in [0.2, 0.25) is 0 Å². The summed E-state index contributed by atoms with van der Waals surface area (Å²) >= 11 is 0. The first-order valence-electron chi connectivity index (χ1n) is 4.70. The molecule has 2 saturated heterocycles. The van der Waals surface area contributed by atoms with E-state index in [2.05, 4.69) is 11.8 Å². The second-order valence-corrected chi connectivity index (χ2v) is 3.90. The molecule has 0 unspecified atom stereocenters. The molecule has 2 heteroatoms. The van der Waals surface area contributed by atoms with E-state index in [1.807, 2.05) is 0 Å². The summed E-state index contributed by atoms with van der Waals surface area (Å²) in [5, 5.41) is 9.30. The predicted octanol–water partition coefficient (Wildman–Crippen LogP) is 0.996. The van der Waals surface area contributed by atoms with Gasteiger partial charge in [-0.3, -0.25) is 4.90 Å². The van der Waals surface area contributed by atoms with Crippen molar-refractivity contribution in [2.75, 3.05) is 13.2 Å². The highest BCUT2D eigenvalue weighted by Gasteiger charge is 2.49. The van der Waals surface area contributed by atoms with Gasteiger partial charge in [-0.15, -0.1) is 0 Å². The number of hydrogen-bond donors (Lipinski definition) is 1. The molecule has 2 bridgehead atoms. The van der Waals surface area contributed by atoms with Crippen molar-refractivity contribution >= 4 is 0 Å². The van der Waals surface area contributed by atoms with Gasteiger partial charge < -0.3 is 5.11 Å². The number of aliphatic hydroxyl groups is 1. The number of rotatable bonds is 2. The van der Waals surface area contributed by atoms with Crippen LogP contribution in [0.15, 0.2) is 0 Å². The SMILES string of the molecule is CCN1C2CCC1(CO)CC2. The lowest BCUT2D eigenvalue weighted by atomic mass is 9.89. The molecule has 0 amide bonds. The lowest BCUT2D eigenvalue weighted by Crippen LogP contribution is -2.43. The van der Waals surface area contributed by atoms with Crippen LogP contribution in [0.4, 0.5) is 0 Å². The van der Waals surface area contributed by atoms with Gasteiger partial charge in [-0.25, -0.2) is 0 Å². The van der Waals surface area contributed by atoms with E-state index in [0.29, 0.717) is 6.61 Å². The smallest absolute Gasteiger partial charge is 0.0615 e. The van der Waals surface area contributed by atoms with Crippen LogP contribution in [0.1, 0.15) is 32.6 Å². The Hall–Kier alpha value is -0.0800. The topological polar surface area (TPSA) is 23.5 Å². The maximum absolute atomic E-state index is 9.30. The van der Waals surface area contributed by atoms with Crippen molar-refractivity contribution in [1.82, 2.24) is 4.90 Å². The van der Waals surface area contributed by atoms with Gasteiger partial charge in [0.15, 0.2) is 0 Å². The third-order valence-electron chi connectivity index (χ3n) is 3.57. The third-order valence-corrected chi connectivity index (χ3v) is 3.57. The summed E-state index contributed by atoms with van der Waals surface area (Å²) < 4.78 is 0. The number of fused-ring (bicyclic) bond motifs is 2. The molecule has 11 heavy (non-hydrogen) atoms. The largest absolute Gasteiger partial charge is 0.394 e. The lowest BCUT2D eigenvalue weighted by molar-refractivity contribution is 0.0828. The lowest BCUT2D eigenvalue weighted by Gasteiger charge is -2.32. The standard InChI is InChI=1S/C9H17NO/c1-2-10-8-3-5-9(10,7-11)6-4-8/h8,11H,2-7H2,1H3. The number of likely N-dealkylation sites (N-methyl/N-ethyl adjacent to an activating group) is 1. The summed E-state index contributed by atoms with van der Waals surface area (Å²) in [7, 11) is 0. The molecule has 2 aliphatic heterocycles. The van der Waals surface area contributed by atoms with Crippen LogP contribution in [-0.2, 0) is 0 Å². The van der Waals surface area contributed by atoms with Crippen LogP contribution in [-0.4, -0.2) is 34.7 Å². The summed E-state index contributed by atoms with van der Waals surface area (Å²) in [5.41, 5.74) is 0.208. The Bertz CT molecular complexity index is 150. The zero-order valence-electron chi connectivity index (χ0n) is 7.21. The van der Waals surface area contributed by atoms with Crippen molar-refractivity contribution in [2.45, 2.75) is 44.2 Å². The minimum Gasteiger partial charge on any atom is -0.394 e. The molecule has 0 aromatic carbocycles. The summed E-state index contributed by atoms with van der Waals surface area (Å²) in [5.74, 6) is 0. The van der Waals surface area contributed by atoms with Crippen molar-refractivity contribution < 1.29 is 5.11 Å². The predicted molar refractivity (Wildman–Crippen MR) is 44.5 cm³/mol. The normalized spacial score (nSPS) is 43.6. The molecule has 2 fully saturated rings. The van der Waals surface area contributed by atoms with Crippen LogP contribution in [0.5, 0.6) is 0 Å². The molecule has 0 spiro atoms. The Kier molecular flexibility index (Phi) is 1.69. The Balaban J connectivity index is 2.19. The van der Waals surface area contributed by atoms with Crippen molar-refractivity contribution in [2.24, 2.45) is 0 Å². The summed E-state index contributed by atoms with van der Waals surface area (Å²) in [6.45, 7) is 3.69. The second-order valence-electron chi connectivity index (χ2n) is 3.90. The molecular weight excluding hydrogens is 138 g/mol. The van der Waals surface area contributed by atoms with Gasteiger partial charge in [-0.2, -0.15) is 0 Å². The number of nitrogens with zero attached hydrogens (tertiary/aromatic N) is 1. The molecule has 2 aliphatic rings. The molecule has 2 nitrogen and oxygen atoms in total. The Morgan fingerprint density at radius 1 is 1.45 bits per heavy atom. The molecule has 0 aromatic rings. The first kappa shape index (κ1) is 7.56. The highest BCUT2D eigenvalue weighted by Crippen LogP contribution is 2.45. The van der Waals surface area contributed by atoms with Gasteiger partial charge in [0, 0.05) is 11.6 Å². The zero-order chi connectivity index (χ0) is 7.90. The molecule has 0 aliphatic carbocycles. The third kappa shape index (κ3) is 0.859. The average molecular weight is 155 g/mol. The Morgan fingerprint density at radius 3 is 2.45 bits per heavy atom. The van der Waals surface area contributed by atoms with E-state index in [-0.39, 0.29) is 5.54 Å². The highest BCUT2D eigenvalue weighted by atomic mass is 16.3. The average Bonchev–Trinajstić information content (AvgIpc) is 2.58. The Morgan fingerprint density at radius 2 is 2.09 bits per heavy atom. The highest BCUT2D eigenvalue weighted by molar-refractivity contribution is 5.06. The van der Waals surface area contributed by atoms with E-state index < -0.39 is 0 Å². The van der Waals surface area contributed by atoms with Gasteiger partial charge in [0.05, 0.1) is 6.61 Å². The molecule has 2 heterocycles.